The molecule has 13 rings (SSSR count). The Labute approximate surface area is 354 Å². The normalized spacial score (nSPS) is 11.9. The van der Waals surface area contributed by atoms with Crippen LogP contribution in [0.2, 0.25) is 0 Å². The van der Waals surface area contributed by atoms with Crippen molar-refractivity contribution in [2.24, 2.45) is 0 Å². The number of fused-ring (bicyclic) bond motifs is 13. The van der Waals surface area contributed by atoms with E-state index in [1.54, 1.807) is 0 Å². The van der Waals surface area contributed by atoms with Crippen LogP contribution in [-0.4, -0.2) is 15.0 Å². The molecular weight excluding hydrogens is 759 g/mol. The summed E-state index contributed by atoms with van der Waals surface area (Å²) in [5.74, 6) is 0.667. The van der Waals surface area contributed by atoms with Crippen LogP contribution in [0.25, 0.3) is 130 Å². The van der Waals surface area contributed by atoms with Gasteiger partial charge in [0.1, 0.15) is 0 Å². The zero-order valence-corrected chi connectivity index (χ0v) is 33.6. The molecule has 61 heavy (non-hydrogen) atoms. The van der Waals surface area contributed by atoms with Crippen LogP contribution in [0.5, 0.6) is 0 Å². The largest absolute Gasteiger partial charge is 0.247 e. The average molecular weight is 792 g/mol. The number of thiophene rings is 1. The van der Waals surface area contributed by atoms with Crippen LogP contribution in [0.4, 0.5) is 0 Å². The van der Waals surface area contributed by atoms with Crippen molar-refractivity contribution in [1.82, 2.24) is 15.0 Å². The topological polar surface area (TPSA) is 38.7 Å². The summed E-state index contributed by atoms with van der Waals surface area (Å²) in [6.45, 7) is 0. The number of rotatable bonds is 4. The first-order valence-corrected chi connectivity index (χ1v) is 21.5. The minimum absolute atomic E-state index is 0.667. The van der Waals surface area contributed by atoms with Crippen molar-refractivity contribution < 1.29 is 0 Å². The number of hydrogen-bond donors (Lipinski definition) is 0. The second-order valence-corrected chi connectivity index (χ2v) is 16.9. The van der Waals surface area contributed by atoms with Crippen molar-refractivity contribution >= 4 is 96.3 Å². The molecule has 0 atom stereocenters. The first kappa shape index (κ1) is 34.1. The fraction of sp³-hybridized carbons (Fsp3) is 0. The lowest BCUT2D eigenvalue weighted by atomic mass is 9.93. The number of para-hydroxylation sites is 1. The summed E-state index contributed by atoms with van der Waals surface area (Å²) in [5, 5.41) is 15.7. The third-order valence-corrected chi connectivity index (χ3v) is 13.6. The standard InChI is InChI=1S/C57H33N3S/c1-3-18-38-34(14-1)31-48(42-22-7-5-20-40(38)42)51-33-52(49-32-35-15-2-4-19-39(35)41-21-6-8-23-43(41)49)60-57(59-51)37-17-13-16-36(30-37)55-47-29-28-45-44-24-10-12-27-53(44)61-56(45)54(47)46-25-9-11-26-50(46)58-55/h1-33H. The van der Waals surface area contributed by atoms with Crippen LogP contribution >= 0.6 is 11.3 Å². The number of pyridine rings is 1. The summed E-state index contributed by atoms with van der Waals surface area (Å²) in [5.41, 5.74) is 7.81. The molecule has 0 amide bonds. The van der Waals surface area contributed by atoms with Crippen LogP contribution in [0.3, 0.4) is 0 Å². The van der Waals surface area contributed by atoms with Crippen molar-refractivity contribution in [3.8, 4) is 45.2 Å². The van der Waals surface area contributed by atoms with Crippen molar-refractivity contribution in [2.75, 3.05) is 0 Å². The molecule has 0 saturated heterocycles. The predicted molar refractivity (Wildman–Crippen MR) is 259 cm³/mol. The molecule has 4 heteroatoms. The van der Waals surface area contributed by atoms with E-state index in [-0.39, 0.29) is 0 Å². The smallest absolute Gasteiger partial charge is 0.160 e. The van der Waals surface area contributed by atoms with Crippen LogP contribution in [0.1, 0.15) is 0 Å². The van der Waals surface area contributed by atoms with E-state index in [1.165, 1.54) is 63.3 Å². The van der Waals surface area contributed by atoms with Gasteiger partial charge in [-0.05, 0) is 79.5 Å². The van der Waals surface area contributed by atoms with Gasteiger partial charge in [-0.25, -0.2) is 15.0 Å². The van der Waals surface area contributed by atoms with E-state index >= 15 is 0 Å². The minimum Gasteiger partial charge on any atom is -0.247 e. The number of nitrogens with zero attached hydrogens (tertiary/aromatic N) is 3. The van der Waals surface area contributed by atoms with E-state index in [4.69, 9.17) is 15.0 Å². The van der Waals surface area contributed by atoms with Gasteiger partial charge < -0.3 is 0 Å². The fourth-order valence-corrected chi connectivity index (χ4v) is 10.9. The molecule has 3 aromatic heterocycles. The summed E-state index contributed by atoms with van der Waals surface area (Å²) < 4.78 is 2.58. The highest BCUT2D eigenvalue weighted by Crippen LogP contribution is 2.44. The van der Waals surface area contributed by atoms with Crippen LogP contribution in [0, 0.1) is 0 Å². The summed E-state index contributed by atoms with van der Waals surface area (Å²) >= 11 is 1.86. The van der Waals surface area contributed by atoms with E-state index < -0.39 is 0 Å². The molecule has 0 aliphatic rings. The Hall–Kier alpha value is -7.79. The molecule has 10 aromatic carbocycles. The van der Waals surface area contributed by atoms with Crippen LogP contribution in [-0.2, 0) is 0 Å². The summed E-state index contributed by atoms with van der Waals surface area (Å²) in [7, 11) is 0. The van der Waals surface area contributed by atoms with Gasteiger partial charge in [-0.1, -0.05) is 164 Å². The lowest BCUT2D eigenvalue weighted by Gasteiger charge is -2.15. The van der Waals surface area contributed by atoms with Crippen molar-refractivity contribution in [2.45, 2.75) is 0 Å². The SMILES string of the molecule is c1cc(-c2nc(-c3cc4ccccc4c4ccccc34)cc(-c3cc4ccccc4c4ccccc34)n2)cc(-c2nc3ccccc3c3c2ccc2c4ccccc4sc23)c1. The Morgan fingerprint density at radius 1 is 0.328 bits per heavy atom. The molecule has 0 saturated carbocycles. The van der Waals surface area contributed by atoms with Gasteiger partial charge in [0, 0.05) is 58.6 Å². The molecule has 0 radical (unpaired) electrons. The first-order chi connectivity index (χ1) is 30.2. The van der Waals surface area contributed by atoms with E-state index in [1.807, 2.05) is 11.3 Å². The van der Waals surface area contributed by atoms with Gasteiger partial charge >= 0.3 is 0 Å². The molecule has 0 unspecified atom stereocenters. The van der Waals surface area contributed by atoms with Gasteiger partial charge in [0.25, 0.3) is 0 Å². The highest BCUT2D eigenvalue weighted by atomic mass is 32.1. The number of aromatic nitrogens is 3. The molecule has 282 valence electrons. The van der Waals surface area contributed by atoms with Crippen LogP contribution in [0.15, 0.2) is 200 Å². The third-order valence-electron chi connectivity index (χ3n) is 12.4. The Bertz CT molecular complexity index is 3820. The second-order valence-electron chi connectivity index (χ2n) is 15.9. The monoisotopic (exact) mass is 791 g/mol. The molecule has 0 spiro atoms. The molecule has 0 bridgehead atoms. The maximum Gasteiger partial charge on any atom is 0.160 e. The van der Waals surface area contributed by atoms with Crippen molar-refractivity contribution in [3.63, 3.8) is 0 Å². The van der Waals surface area contributed by atoms with Gasteiger partial charge in [0.05, 0.1) is 22.6 Å². The average Bonchev–Trinajstić information content (AvgIpc) is 3.72. The van der Waals surface area contributed by atoms with Crippen molar-refractivity contribution in [1.29, 1.82) is 0 Å². The molecule has 0 aliphatic carbocycles. The van der Waals surface area contributed by atoms with Gasteiger partial charge in [0.15, 0.2) is 5.82 Å². The molecule has 3 heterocycles. The van der Waals surface area contributed by atoms with Gasteiger partial charge in [-0.2, -0.15) is 0 Å². The van der Waals surface area contributed by atoms with Crippen molar-refractivity contribution in [3.05, 3.63) is 200 Å². The highest BCUT2D eigenvalue weighted by Gasteiger charge is 2.20. The minimum atomic E-state index is 0.667. The Morgan fingerprint density at radius 3 is 1.52 bits per heavy atom. The second kappa shape index (κ2) is 13.4. The van der Waals surface area contributed by atoms with Gasteiger partial charge in [-0.3, -0.25) is 0 Å². The van der Waals surface area contributed by atoms with E-state index in [2.05, 4.69) is 200 Å². The highest BCUT2D eigenvalue weighted by molar-refractivity contribution is 7.26. The quantitative estimate of drug-likeness (QED) is 0.167. The Balaban J connectivity index is 1.08. The Morgan fingerprint density at radius 2 is 0.852 bits per heavy atom. The summed E-state index contributed by atoms with van der Waals surface area (Å²) in [6.07, 6.45) is 0. The number of benzene rings is 10. The maximum atomic E-state index is 5.48. The van der Waals surface area contributed by atoms with E-state index in [0.29, 0.717) is 5.82 Å². The van der Waals surface area contributed by atoms with E-state index in [9.17, 15) is 0 Å². The lowest BCUT2D eigenvalue weighted by molar-refractivity contribution is 1.19. The summed E-state index contributed by atoms with van der Waals surface area (Å²) in [6, 6.07) is 71.9. The first-order valence-electron chi connectivity index (χ1n) is 20.7. The zero-order chi connectivity index (χ0) is 40.0. The molecular formula is C57H33N3S. The zero-order valence-electron chi connectivity index (χ0n) is 32.8. The fourth-order valence-electron chi connectivity index (χ4n) is 9.63. The Kier molecular flexibility index (Phi) is 7.47. The molecule has 3 nitrogen and oxygen atoms in total. The predicted octanol–water partition coefficient (Wildman–Crippen LogP) is 15.8. The molecule has 13 aromatic rings. The third kappa shape index (κ3) is 5.33. The molecule has 0 fully saturated rings. The molecule has 0 aliphatic heterocycles. The number of hydrogen-bond acceptors (Lipinski definition) is 4. The lowest BCUT2D eigenvalue weighted by Crippen LogP contribution is -1.98. The maximum absolute atomic E-state index is 5.48. The van der Waals surface area contributed by atoms with Gasteiger partial charge in [0.2, 0.25) is 0 Å². The van der Waals surface area contributed by atoms with E-state index in [0.717, 1.165) is 61.0 Å². The molecule has 0 N–H and O–H groups in total. The van der Waals surface area contributed by atoms with Gasteiger partial charge in [-0.15, -0.1) is 11.3 Å². The van der Waals surface area contributed by atoms with Crippen LogP contribution < -0.4 is 0 Å². The summed E-state index contributed by atoms with van der Waals surface area (Å²) in [4.78, 5) is 16.4.